The number of Topliss-reactive ketones (excluding diaryl/α,β-unsaturated/α-hetero) is 1. The van der Waals surface area contributed by atoms with Gasteiger partial charge in [-0.25, -0.2) is 29.1 Å². The maximum absolute atomic E-state index is 12.7. The Morgan fingerprint density at radius 2 is 1.10 bits per heavy atom. The molecule has 2 saturated heterocycles. The molecule has 0 saturated carbocycles. The van der Waals surface area contributed by atoms with Crippen molar-refractivity contribution in [3.63, 3.8) is 0 Å². The first-order valence-electron chi connectivity index (χ1n) is 20.5. The highest BCUT2D eigenvalue weighted by Gasteiger charge is 2.31. The first-order chi connectivity index (χ1) is 28.0. The first-order valence-corrected chi connectivity index (χ1v) is 20.5. The molecule has 2 aromatic heterocycles. The van der Waals surface area contributed by atoms with Crippen molar-refractivity contribution in [3.05, 3.63) is 47.8 Å². The molecular weight excluding hydrogens is 775 g/mol. The van der Waals surface area contributed by atoms with E-state index in [9.17, 15) is 24.0 Å². The summed E-state index contributed by atoms with van der Waals surface area (Å²) in [6, 6.07) is 7.10. The van der Waals surface area contributed by atoms with E-state index in [-0.39, 0.29) is 42.8 Å². The number of hydrogen-bond acceptors (Lipinski definition) is 13. The smallest absolute Gasteiger partial charge is 0.413 e. The highest BCUT2D eigenvalue weighted by molar-refractivity contribution is 5.89. The maximum atomic E-state index is 12.7. The summed E-state index contributed by atoms with van der Waals surface area (Å²) in [5, 5.41) is 9.43. The summed E-state index contributed by atoms with van der Waals surface area (Å²) >= 11 is 0. The van der Waals surface area contributed by atoms with E-state index in [0.717, 1.165) is 29.7 Å². The second kappa shape index (κ2) is 22.2. The number of nitrogens with one attached hydrogen (secondary N) is 2. The fourth-order valence-corrected chi connectivity index (χ4v) is 6.34. The number of ketones is 1. The predicted molar refractivity (Wildman–Crippen MR) is 227 cm³/mol. The Morgan fingerprint density at radius 3 is 1.53 bits per heavy atom. The van der Waals surface area contributed by atoms with E-state index in [1.807, 2.05) is 47.6 Å². The Morgan fingerprint density at radius 1 is 0.667 bits per heavy atom. The lowest BCUT2D eigenvalue weighted by Gasteiger charge is -2.33. The van der Waals surface area contributed by atoms with Crippen molar-refractivity contribution in [1.29, 1.82) is 0 Å². The minimum absolute atomic E-state index is 0.0980. The molecule has 2 N–H and O–H groups in total. The van der Waals surface area contributed by atoms with Gasteiger partial charge in [0, 0.05) is 63.3 Å². The molecule has 0 bridgehead atoms. The molecule has 332 valence electrons. The number of ether oxygens (including phenoxy) is 4. The zero-order valence-corrected chi connectivity index (χ0v) is 37.2. The van der Waals surface area contributed by atoms with Crippen LogP contribution < -0.4 is 10.6 Å². The number of amides is 4. The highest BCUT2D eigenvalue weighted by atomic mass is 16.6. The number of likely N-dealkylation sites (tertiary alicyclic amines) is 2. The number of nitrogens with zero attached hydrogens (tertiary/aromatic N) is 5. The zero-order valence-electron chi connectivity index (χ0n) is 37.2. The van der Waals surface area contributed by atoms with Crippen molar-refractivity contribution < 1.29 is 47.8 Å². The molecule has 2 aliphatic heterocycles. The van der Waals surface area contributed by atoms with Gasteiger partial charge in [0.05, 0.1) is 12.3 Å². The van der Waals surface area contributed by atoms with Crippen molar-refractivity contribution in [2.75, 3.05) is 50.5 Å². The van der Waals surface area contributed by atoms with Gasteiger partial charge in [-0.3, -0.25) is 15.4 Å². The summed E-state index contributed by atoms with van der Waals surface area (Å²) < 4.78 is 21.0. The minimum Gasteiger partial charge on any atom is -0.450 e. The van der Waals surface area contributed by atoms with Gasteiger partial charge in [-0.1, -0.05) is 5.16 Å². The Balaban J connectivity index is 0.000000320. The van der Waals surface area contributed by atoms with Crippen LogP contribution in [-0.4, -0.2) is 112 Å². The van der Waals surface area contributed by atoms with Gasteiger partial charge in [0.15, 0.2) is 0 Å². The van der Waals surface area contributed by atoms with Gasteiger partial charge < -0.3 is 33.6 Å². The third-order valence-electron chi connectivity index (χ3n) is 8.98. The summed E-state index contributed by atoms with van der Waals surface area (Å²) in [6.45, 7) is 20.7. The minimum atomic E-state index is -0.605. The monoisotopic (exact) mass is 839 g/mol. The second-order valence-electron chi connectivity index (χ2n) is 17.6. The van der Waals surface area contributed by atoms with Gasteiger partial charge in [-0.15, -0.1) is 0 Å². The SMILES string of the molecule is CC(C)(C)OC(=O)Nc1cc(CC(=O)C2CCN(C(=O)OC(C)(C)C)CC2)ccn1.CCOC(=O)Nc1cc(C/C(=N/OC)C2CCN(C(=O)OC(C)(C)C)CC2)ccn1. The highest BCUT2D eigenvalue weighted by Crippen LogP contribution is 2.25. The second-order valence-corrected chi connectivity index (χ2v) is 17.6. The quantitative estimate of drug-likeness (QED) is 0.133. The number of carbonyl (C=O) groups is 5. The molecule has 4 amide bonds. The molecule has 17 heteroatoms. The van der Waals surface area contributed by atoms with Crippen LogP contribution in [0.4, 0.5) is 30.8 Å². The van der Waals surface area contributed by atoms with E-state index >= 15 is 0 Å². The third kappa shape index (κ3) is 18.2. The maximum Gasteiger partial charge on any atom is 0.413 e. The summed E-state index contributed by atoms with van der Waals surface area (Å²) in [5.41, 5.74) is 0.974. The van der Waals surface area contributed by atoms with Crippen molar-refractivity contribution >= 4 is 47.5 Å². The lowest BCUT2D eigenvalue weighted by molar-refractivity contribution is -0.123. The molecule has 0 unspecified atom stereocenters. The molecular formula is C43H65N7O10. The van der Waals surface area contributed by atoms with Crippen molar-refractivity contribution in [2.24, 2.45) is 17.0 Å². The van der Waals surface area contributed by atoms with E-state index in [1.54, 1.807) is 68.1 Å². The van der Waals surface area contributed by atoms with Crippen molar-refractivity contribution in [2.45, 2.75) is 125 Å². The van der Waals surface area contributed by atoms with Crippen LogP contribution in [0.25, 0.3) is 0 Å². The molecule has 2 fully saturated rings. The molecule has 2 aromatic rings. The van der Waals surface area contributed by atoms with E-state index in [4.69, 9.17) is 23.8 Å². The van der Waals surface area contributed by atoms with Gasteiger partial charge in [0.2, 0.25) is 0 Å². The van der Waals surface area contributed by atoms with Gasteiger partial charge in [-0.05, 0) is 130 Å². The average molecular weight is 840 g/mol. The number of hydrogen-bond donors (Lipinski definition) is 2. The standard InChI is InChI=1S/C22H33N3O5.C21H32N4O5/c1-21(2,3)29-19(27)24-18-14-15(7-10-23-18)13-17(26)16-8-11-25(12-9-16)20(28)30-22(4,5)6;1-6-29-19(26)23-18-14-15(7-10-22-18)13-17(24-28-5)16-8-11-25(12-9-16)20(27)30-21(2,3)4/h7,10,14,16H,8-9,11-13H2,1-6H3,(H,23,24,27);7,10,14,16H,6,8-9,11-13H2,1-5H3,(H,22,23,26)/b;24-17-. The van der Waals surface area contributed by atoms with Gasteiger partial charge in [0.25, 0.3) is 0 Å². The number of aromatic nitrogens is 2. The summed E-state index contributed by atoms with van der Waals surface area (Å²) in [6.07, 6.45) is 5.05. The van der Waals surface area contributed by atoms with E-state index in [2.05, 4.69) is 25.8 Å². The fraction of sp³-hybridized carbons (Fsp3) is 0.628. The lowest BCUT2D eigenvalue weighted by atomic mass is 9.89. The van der Waals surface area contributed by atoms with Crippen molar-refractivity contribution in [1.82, 2.24) is 19.8 Å². The topological polar surface area (TPSA) is 200 Å². The van der Waals surface area contributed by atoms with Crippen LogP contribution >= 0.6 is 0 Å². The number of carbonyl (C=O) groups excluding carboxylic acids is 5. The number of oxime groups is 1. The molecule has 4 rings (SSSR count). The predicted octanol–water partition coefficient (Wildman–Crippen LogP) is 8.03. The van der Waals surface area contributed by atoms with Gasteiger partial charge >= 0.3 is 24.4 Å². The number of anilines is 2. The molecule has 0 radical (unpaired) electrons. The summed E-state index contributed by atoms with van der Waals surface area (Å²) in [7, 11) is 1.52. The van der Waals surface area contributed by atoms with Gasteiger partial charge in [0.1, 0.15) is 41.3 Å². The number of rotatable bonds is 10. The lowest BCUT2D eigenvalue weighted by Crippen LogP contribution is -2.43. The molecule has 2 aliphatic rings. The third-order valence-corrected chi connectivity index (χ3v) is 8.98. The van der Waals surface area contributed by atoms with E-state index in [1.165, 1.54) is 7.11 Å². The molecule has 0 spiro atoms. The Labute approximate surface area is 354 Å². The van der Waals surface area contributed by atoms with Crippen LogP contribution in [0.3, 0.4) is 0 Å². The summed E-state index contributed by atoms with van der Waals surface area (Å²) in [4.78, 5) is 77.4. The Kier molecular flexibility index (Phi) is 18.1. The van der Waals surface area contributed by atoms with Crippen molar-refractivity contribution in [3.8, 4) is 0 Å². The zero-order chi connectivity index (χ0) is 44.7. The van der Waals surface area contributed by atoms with Crippen LogP contribution in [0.2, 0.25) is 0 Å². The molecule has 60 heavy (non-hydrogen) atoms. The molecule has 17 nitrogen and oxygen atoms in total. The molecule has 0 aliphatic carbocycles. The molecule has 0 atom stereocenters. The Bertz CT molecular complexity index is 1780. The number of piperidine rings is 2. The molecule has 0 aromatic carbocycles. The average Bonchev–Trinajstić information content (AvgIpc) is 3.13. The van der Waals surface area contributed by atoms with Crippen LogP contribution in [-0.2, 0) is 41.4 Å². The first kappa shape index (κ1) is 48.9. The Hall–Kier alpha value is -5.48. The van der Waals surface area contributed by atoms with Crippen LogP contribution in [0.5, 0.6) is 0 Å². The largest absolute Gasteiger partial charge is 0.450 e. The van der Waals surface area contributed by atoms with E-state index in [0.29, 0.717) is 57.1 Å². The molecule has 4 heterocycles. The normalized spacial score (nSPS) is 15.5. The van der Waals surface area contributed by atoms with Crippen LogP contribution in [0.1, 0.15) is 106 Å². The fourth-order valence-electron chi connectivity index (χ4n) is 6.34. The van der Waals surface area contributed by atoms with Crippen LogP contribution in [0.15, 0.2) is 41.8 Å². The number of pyridine rings is 2. The van der Waals surface area contributed by atoms with Gasteiger partial charge in [-0.2, -0.15) is 0 Å². The van der Waals surface area contributed by atoms with Crippen LogP contribution in [0, 0.1) is 11.8 Å². The van der Waals surface area contributed by atoms with E-state index < -0.39 is 29.0 Å². The summed E-state index contributed by atoms with van der Waals surface area (Å²) in [5.74, 6) is 0.974.